The SMILES string of the molecule is O=[N+]([O-])c1ccc(O)c(CNC2CCCCC2)c1. The number of benzene rings is 1. The highest BCUT2D eigenvalue weighted by molar-refractivity contribution is 5.42. The number of aromatic hydroxyl groups is 1. The third kappa shape index (κ3) is 3.20. The summed E-state index contributed by atoms with van der Waals surface area (Å²) in [5, 5.41) is 23.7. The van der Waals surface area contributed by atoms with E-state index in [0.717, 1.165) is 12.8 Å². The van der Waals surface area contributed by atoms with Crippen LogP contribution in [0.3, 0.4) is 0 Å². The zero-order valence-electron chi connectivity index (χ0n) is 10.3. The van der Waals surface area contributed by atoms with Crippen molar-refractivity contribution in [2.45, 2.75) is 44.7 Å². The second kappa shape index (κ2) is 5.82. The maximum Gasteiger partial charge on any atom is 0.270 e. The molecule has 1 aromatic carbocycles. The van der Waals surface area contributed by atoms with E-state index >= 15 is 0 Å². The molecule has 1 fully saturated rings. The molecule has 1 saturated carbocycles. The molecule has 0 saturated heterocycles. The van der Waals surface area contributed by atoms with Gasteiger partial charge in [0.1, 0.15) is 5.75 Å². The van der Waals surface area contributed by atoms with Crippen LogP contribution in [0.4, 0.5) is 5.69 Å². The Labute approximate surface area is 106 Å². The van der Waals surface area contributed by atoms with E-state index in [0.29, 0.717) is 18.2 Å². The van der Waals surface area contributed by atoms with Gasteiger partial charge < -0.3 is 10.4 Å². The Morgan fingerprint density at radius 3 is 2.72 bits per heavy atom. The lowest BCUT2D eigenvalue weighted by atomic mass is 9.95. The quantitative estimate of drug-likeness (QED) is 0.636. The molecular weight excluding hydrogens is 232 g/mol. The summed E-state index contributed by atoms with van der Waals surface area (Å²) in [5.41, 5.74) is 0.614. The standard InChI is InChI=1S/C13H18N2O3/c16-13-7-6-12(15(17)18)8-10(13)9-14-11-4-2-1-3-5-11/h6-8,11,14,16H,1-5,9H2. The van der Waals surface area contributed by atoms with E-state index in [1.54, 1.807) is 0 Å². The lowest BCUT2D eigenvalue weighted by Gasteiger charge is -2.23. The summed E-state index contributed by atoms with van der Waals surface area (Å²) in [5.74, 6) is 0.115. The summed E-state index contributed by atoms with van der Waals surface area (Å²) in [6, 6.07) is 4.61. The van der Waals surface area contributed by atoms with Crippen molar-refractivity contribution in [2.24, 2.45) is 0 Å². The number of non-ortho nitro benzene ring substituents is 1. The summed E-state index contributed by atoms with van der Waals surface area (Å²) in [7, 11) is 0. The maximum atomic E-state index is 10.7. The van der Waals surface area contributed by atoms with E-state index in [9.17, 15) is 15.2 Å². The predicted octanol–water partition coefficient (Wildman–Crippen LogP) is 2.72. The Morgan fingerprint density at radius 2 is 2.06 bits per heavy atom. The number of hydrogen-bond donors (Lipinski definition) is 2. The van der Waals surface area contributed by atoms with Crippen LogP contribution in [0.15, 0.2) is 18.2 Å². The molecule has 5 heteroatoms. The Balaban J connectivity index is 1.99. The smallest absolute Gasteiger partial charge is 0.270 e. The Morgan fingerprint density at radius 1 is 1.33 bits per heavy atom. The summed E-state index contributed by atoms with van der Waals surface area (Å²) in [6.07, 6.45) is 6.06. The maximum absolute atomic E-state index is 10.7. The van der Waals surface area contributed by atoms with Crippen LogP contribution in [0, 0.1) is 10.1 Å². The average molecular weight is 250 g/mol. The van der Waals surface area contributed by atoms with Crippen LogP contribution in [0.25, 0.3) is 0 Å². The molecule has 0 aliphatic heterocycles. The van der Waals surface area contributed by atoms with E-state index in [2.05, 4.69) is 5.32 Å². The topological polar surface area (TPSA) is 75.4 Å². The zero-order chi connectivity index (χ0) is 13.0. The van der Waals surface area contributed by atoms with Crippen molar-refractivity contribution < 1.29 is 10.0 Å². The minimum Gasteiger partial charge on any atom is -0.508 e. The van der Waals surface area contributed by atoms with Gasteiger partial charge in [0.15, 0.2) is 0 Å². The Bertz CT molecular complexity index is 428. The Hall–Kier alpha value is -1.62. The van der Waals surface area contributed by atoms with Crippen molar-refractivity contribution >= 4 is 5.69 Å². The van der Waals surface area contributed by atoms with Crippen LogP contribution in [0.2, 0.25) is 0 Å². The molecule has 0 spiro atoms. The number of phenolic OH excluding ortho intramolecular Hbond substituents is 1. The molecule has 0 radical (unpaired) electrons. The van der Waals surface area contributed by atoms with Crippen molar-refractivity contribution in [3.05, 3.63) is 33.9 Å². The highest BCUT2D eigenvalue weighted by atomic mass is 16.6. The van der Waals surface area contributed by atoms with Crippen LogP contribution in [0.1, 0.15) is 37.7 Å². The molecule has 1 aliphatic rings. The molecule has 0 bridgehead atoms. The monoisotopic (exact) mass is 250 g/mol. The van der Waals surface area contributed by atoms with E-state index in [1.807, 2.05) is 0 Å². The first kappa shape index (κ1) is 12.8. The second-order valence-corrected chi connectivity index (χ2v) is 4.79. The minimum absolute atomic E-state index is 0.0215. The molecule has 0 atom stereocenters. The molecule has 1 aliphatic carbocycles. The average Bonchev–Trinajstić information content (AvgIpc) is 2.38. The lowest BCUT2D eigenvalue weighted by Crippen LogP contribution is -2.30. The number of hydrogen-bond acceptors (Lipinski definition) is 4. The highest BCUT2D eigenvalue weighted by Gasteiger charge is 2.15. The van der Waals surface area contributed by atoms with Gasteiger partial charge in [-0.1, -0.05) is 19.3 Å². The number of phenols is 1. The third-order valence-electron chi connectivity index (χ3n) is 3.46. The van der Waals surface area contributed by atoms with Gasteiger partial charge in [0.25, 0.3) is 5.69 Å². The second-order valence-electron chi connectivity index (χ2n) is 4.79. The van der Waals surface area contributed by atoms with Crippen molar-refractivity contribution in [1.29, 1.82) is 0 Å². The number of nitrogens with zero attached hydrogens (tertiary/aromatic N) is 1. The van der Waals surface area contributed by atoms with E-state index in [4.69, 9.17) is 0 Å². The van der Waals surface area contributed by atoms with Gasteiger partial charge in [0, 0.05) is 30.3 Å². The molecule has 0 unspecified atom stereocenters. The van der Waals surface area contributed by atoms with Gasteiger partial charge in [-0.2, -0.15) is 0 Å². The number of nitro benzene ring substituents is 1. The van der Waals surface area contributed by atoms with Gasteiger partial charge in [0.05, 0.1) is 4.92 Å². The normalized spacial score (nSPS) is 16.7. The highest BCUT2D eigenvalue weighted by Crippen LogP contribution is 2.24. The minimum atomic E-state index is -0.441. The molecule has 98 valence electrons. The van der Waals surface area contributed by atoms with Crippen molar-refractivity contribution in [1.82, 2.24) is 5.32 Å². The third-order valence-corrected chi connectivity index (χ3v) is 3.46. The van der Waals surface area contributed by atoms with Gasteiger partial charge in [-0.25, -0.2) is 0 Å². The van der Waals surface area contributed by atoms with Crippen LogP contribution in [0.5, 0.6) is 5.75 Å². The fourth-order valence-electron chi connectivity index (χ4n) is 2.39. The van der Waals surface area contributed by atoms with Gasteiger partial charge in [-0.15, -0.1) is 0 Å². The fraction of sp³-hybridized carbons (Fsp3) is 0.538. The van der Waals surface area contributed by atoms with E-state index in [-0.39, 0.29) is 11.4 Å². The molecule has 0 aromatic heterocycles. The lowest BCUT2D eigenvalue weighted by molar-refractivity contribution is -0.384. The number of rotatable bonds is 4. The zero-order valence-corrected chi connectivity index (χ0v) is 10.3. The first-order valence-electron chi connectivity index (χ1n) is 6.36. The molecule has 5 nitrogen and oxygen atoms in total. The van der Waals surface area contributed by atoms with Crippen LogP contribution < -0.4 is 5.32 Å². The molecule has 0 amide bonds. The largest absolute Gasteiger partial charge is 0.508 e. The fourth-order valence-corrected chi connectivity index (χ4v) is 2.39. The molecule has 2 N–H and O–H groups in total. The van der Waals surface area contributed by atoms with Crippen molar-refractivity contribution in [3.8, 4) is 5.75 Å². The van der Waals surface area contributed by atoms with Crippen LogP contribution in [-0.4, -0.2) is 16.1 Å². The van der Waals surface area contributed by atoms with E-state index < -0.39 is 4.92 Å². The predicted molar refractivity (Wildman–Crippen MR) is 68.5 cm³/mol. The van der Waals surface area contributed by atoms with Gasteiger partial charge in [-0.3, -0.25) is 10.1 Å². The number of nitrogens with one attached hydrogen (secondary N) is 1. The van der Waals surface area contributed by atoms with E-state index in [1.165, 1.54) is 37.5 Å². The molecule has 2 rings (SSSR count). The number of nitro groups is 1. The van der Waals surface area contributed by atoms with Gasteiger partial charge in [-0.05, 0) is 18.9 Å². The van der Waals surface area contributed by atoms with Gasteiger partial charge >= 0.3 is 0 Å². The first-order valence-corrected chi connectivity index (χ1v) is 6.36. The molecule has 0 heterocycles. The molecule has 18 heavy (non-hydrogen) atoms. The van der Waals surface area contributed by atoms with Crippen molar-refractivity contribution in [2.75, 3.05) is 0 Å². The Kier molecular flexibility index (Phi) is 4.15. The molecule has 1 aromatic rings. The summed E-state index contributed by atoms with van der Waals surface area (Å²) < 4.78 is 0. The summed E-state index contributed by atoms with van der Waals surface area (Å²) in [6.45, 7) is 0.484. The summed E-state index contributed by atoms with van der Waals surface area (Å²) >= 11 is 0. The van der Waals surface area contributed by atoms with Crippen molar-refractivity contribution in [3.63, 3.8) is 0 Å². The molecular formula is C13H18N2O3. The van der Waals surface area contributed by atoms with Gasteiger partial charge in [0.2, 0.25) is 0 Å². The summed E-state index contributed by atoms with van der Waals surface area (Å²) in [4.78, 5) is 10.2. The first-order chi connectivity index (χ1) is 8.66. The van der Waals surface area contributed by atoms with Crippen LogP contribution in [-0.2, 0) is 6.54 Å². The van der Waals surface area contributed by atoms with Crippen LogP contribution >= 0.6 is 0 Å².